The second-order valence-corrected chi connectivity index (χ2v) is 4.15. The van der Waals surface area contributed by atoms with Gasteiger partial charge in [-0.2, -0.15) is 0 Å². The van der Waals surface area contributed by atoms with E-state index in [4.69, 9.17) is 9.57 Å². The molecule has 0 aliphatic heterocycles. The summed E-state index contributed by atoms with van der Waals surface area (Å²) >= 11 is 0. The highest BCUT2D eigenvalue weighted by Crippen LogP contribution is 2.23. The van der Waals surface area contributed by atoms with Gasteiger partial charge in [0.25, 0.3) is 0 Å². The van der Waals surface area contributed by atoms with Crippen molar-refractivity contribution in [3.63, 3.8) is 0 Å². The number of oxime groups is 1. The second-order valence-electron chi connectivity index (χ2n) is 4.15. The van der Waals surface area contributed by atoms with Crippen molar-refractivity contribution >= 4 is 5.71 Å². The summed E-state index contributed by atoms with van der Waals surface area (Å²) in [5.41, 5.74) is 4.27. The minimum Gasteiger partial charge on any atom is -0.496 e. The van der Waals surface area contributed by atoms with Crippen molar-refractivity contribution in [1.82, 2.24) is 0 Å². The molecule has 0 unspecified atom stereocenters. The molecule has 0 bridgehead atoms. The Kier molecular flexibility index (Phi) is 5.01. The van der Waals surface area contributed by atoms with Crippen LogP contribution in [0.2, 0.25) is 0 Å². The van der Waals surface area contributed by atoms with Crippen LogP contribution in [0.1, 0.15) is 37.0 Å². The van der Waals surface area contributed by atoms with Gasteiger partial charge in [-0.3, -0.25) is 0 Å². The summed E-state index contributed by atoms with van der Waals surface area (Å²) in [4.78, 5) is 5.21. The van der Waals surface area contributed by atoms with Crippen molar-refractivity contribution < 1.29 is 9.57 Å². The maximum atomic E-state index is 5.29. The second kappa shape index (κ2) is 6.28. The molecule has 0 saturated carbocycles. The molecule has 0 radical (unpaired) electrons. The van der Waals surface area contributed by atoms with E-state index in [-0.39, 0.29) is 0 Å². The SMILES string of the molecule is CCCO/N=C(/C)c1cc(C)c(OC)cc1C. The van der Waals surface area contributed by atoms with Crippen LogP contribution in [0.4, 0.5) is 0 Å². The van der Waals surface area contributed by atoms with Gasteiger partial charge >= 0.3 is 0 Å². The molecule has 3 heteroatoms. The van der Waals surface area contributed by atoms with E-state index < -0.39 is 0 Å². The largest absolute Gasteiger partial charge is 0.496 e. The highest BCUT2D eigenvalue weighted by atomic mass is 16.6. The topological polar surface area (TPSA) is 30.8 Å². The average Bonchev–Trinajstić information content (AvgIpc) is 2.31. The molecule has 1 aromatic carbocycles. The van der Waals surface area contributed by atoms with Crippen LogP contribution in [0.3, 0.4) is 0 Å². The zero-order chi connectivity index (χ0) is 12.8. The van der Waals surface area contributed by atoms with Crippen molar-refractivity contribution in [2.24, 2.45) is 5.16 Å². The first kappa shape index (κ1) is 13.6. The molecule has 0 aromatic heterocycles. The zero-order valence-corrected chi connectivity index (χ0v) is 11.3. The van der Waals surface area contributed by atoms with Gasteiger partial charge in [0.2, 0.25) is 0 Å². The van der Waals surface area contributed by atoms with Gasteiger partial charge in [-0.15, -0.1) is 0 Å². The van der Waals surface area contributed by atoms with Crippen LogP contribution in [0.15, 0.2) is 17.3 Å². The number of hydrogen-bond acceptors (Lipinski definition) is 3. The lowest BCUT2D eigenvalue weighted by molar-refractivity contribution is 0.145. The Hall–Kier alpha value is -1.51. The highest BCUT2D eigenvalue weighted by Gasteiger charge is 2.07. The summed E-state index contributed by atoms with van der Waals surface area (Å²) in [7, 11) is 1.69. The van der Waals surface area contributed by atoms with Gasteiger partial charge in [-0.25, -0.2) is 0 Å². The summed E-state index contributed by atoms with van der Waals surface area (Å²) < 4.78 is 5.29. The van der Waals surface area contributed by atoms with Crippen LogP contribution >= 0.6 is 0 Å². The van der Waals surface area contributed by atoms with Gasteiger partial charge in [0.05, 0.1) is 12.8 Å². The standard InChI is InChI=1S/C14H21NO2/c1-6-7-17-15-12(4)13-8-11(3)14(16-5)9-10(13)2/h8-9H,6-7H2,1-5H3/b15-12-. The van der Waals surface area contributed by atoms with Crippen LogP contribution in [0.25, 0.3) is 0 Å². The fraction of sp³-hybridized carbons (Fsp3) is 0.500. The van der Waals surface area contributed by atoms with E-state index >= 15 is 0 Å². The Morgan fingerprint density at radius 3 is 2.53 bits per heavy atom. The Labute approximate surface area is 103 Å². The Bertz CT molecular complexity index is 411. The average molecular weight is 235 g/mol. The molecule has 0 spiro atoms. The molecule has 1 aromatic rings. The van der Waals surface area contributed by atoms with Crippen LogP contribution in [-0.4, -0.2) is 19.4 Å². The third-order valence-corrected chi connectivity index (χ3v) is 2.63. The number of ether oxygens (including phenoxy) is 1. The summed E-state index contributed by atoms with van der Waals surface area (Å²) in [5, 5.41) is 4.12. The Balaban J connectivity index is 2.98. The molecule has 0 heterocycles. The number of rotatable bonds is 5. The van der Waals surface area contributed by atoms with Gasteiger partial charge in [0.1, 0.15) is 12.4 Å². The third kappa shape index (κ3) is 3.48. The van der Waals surface area contributed by atoms with Crippen LogP contribution in [0, 0.1) is 13.8 Å². The third-order valence-electron chi connectivity index (χ3n) is 2.63. The van der Waals surface area contributed by atoms with Gasteiger partial charge in [-0.05, 0) is 50.5 Å². The number of hydrogen-bond donors (Lipinski definition) is 0. The van der Waals surface area contributed by atoms with Crippen molar-refractivity contribution in [3.8, 4) is 5.75 Å². The van der Waals surface area contributed by atoms with E-state index in [0.717, 1.165) is 34.6 Å². The molecule has 1 rings (SSSR count). The summed E-state index contributed by atoms with van der Waals surface area (Å²) in [5.74, 6) is 0.911. The minimum atomic E-state index is 0.658. The molecular formula is C14H21NO2. The molecular weight excluding hydrogens is 214 g/mol. The first-order chi connectivity index (χ1) is 8.10. The molecule has 94 valence electrons. The number of benzene rings is 1. The predicted molar refractivity (Wildman–Crippen MR) is 70.9 cm³/mol. The molecule has 0 amide bonds. The summed E-state index contributed by atoms with van der Waals surface area (Å²) in [6.07, 6.45) is 0.970. The normalized spacial score (nSPS) is 11.5. The Morgan fingerprint density at radius 2 is 1.94 bits per heavy atom. The number of methoxy groups -OCH3 is 1. The molecule has 0 fully saturated rings. The Morgan fingerprint density at radius 1 is 1.24 bits per heavy atom. The molecule has 0 aliphatic carbocycles. The van der Waals surface area contributed by atoms with Gasteiger partial charge in [-0.1, -0.05) is 12.1 Å². The molecule has 0 N–H and O–H groups in total. The van der Waals surface area contributed by atoms with Crippen LogP contribution < -0.4 is 4.74 Å². The molecule has 0 aliphatic rings. The minimum absolute atomic E-state index is 0.658. The monoisotopic (exact) mass is 235 g/mol. The van der Waals surface area contributed by atoms with E-state index in [1.807, 2.05) is 19.9 Å². The van der Waals surface area contributed by atoms with E-state index in [1.165, 1.54) is 0 Å². The highest BCUT2D eigenvalue weighted by molar-refractivity contribution is 6.00. The first-order valence-corrected chi connectivity index (χ1v) is 5.92. The van der Waals surface area contributed by atoms with Crippen molar-refractivity contribution in [2.75, 3.05) is 13.7 Å². The van der Waals surface area contributed by atoms with E-state index in [0.29, 0.717) is 6.61 Å². The lowest BCUT2D eigenvalue weighted by atomic mass is 10.0. The molecule has 3 nitrogen and oxygen atoms in total. The fourth-order valence-electron chi connectivity index (χ4n) is 1.68. The van der Waals surface area contributed by atoms with E-state index in [9.17, 15) is 0 Å². The van der Waals surface area contributed by atoms with E-state index in [1.54, 1.807) is 7.11 Å². The fourth-order valence-corrected chi connectivity index (χ4v) is 1.68. The molecule has 17 heavy (non-hydrogen) atoms. The zero-order valence-electron chi connectivity index (χ0n) is 11.3. The van der Waals surface area contributed by atoms with Gasteiger partial charge < -0.3 is 9.57 Å². The summed E-state index contributed by atoms with van der Waals surface area (Å²) in [6.45, 7) is 8.77. The van der Waals surface area contributed by atoms with Crippen molar-refractivity contribution in [1.29, 1.82) is 0 Å². The first-order valence-electron chi connectivity index (χ1n) is 5.92. The van der Waals surface area contributed by atoms with E-state index in [2.05, 4.69) is 25.1 Å². The number of nitrogens with zero attached hydrogens (tertiary/aromatic N) is 1. The van der Waals surface area contributed by atoms with Crippen molar-refractivity contribution in [2.45, 2.75) is 34.1 Å². The lowest BCUT2D eigenvalue weighted by Crippen LogP contribution is -2.02. The van der Waals surface area contributed by atoms with Crippen LogP contribution in [-0.2, 0) is 4.84 Å². The lowest BCUT2D eigenvalue weighted by Gasteiger charge is -2.10. The van der Waals surface area contributed by atoms with Gasteiger partial charge in [0, 0.05) is 5.56 Å². The quantitative estimate of drug-likeness (QED) is 0.444. The molecule has 0 atom stereocenters. The molecule has 0 saturated heterocycles. The van der Waals surface area contributed by atoms with Gasteiger partial charge in [0.15, 0.2) is 0 Å². The predicted octanol–water partition coefficient (Wildman–Crippen LogP) is 3.46. The number of aryl methyl sites for hydroxylation is 2. The maximum Gasteiger partial charge on any atom is 0.122 e. The van der Waals surface area contributed by atoms with Crippen LogP contribution in [0.5, 0.6) is 5.75 Å². The smallest absolute Gasteiger partial charge is 0.122 e. The van der Waals surface area contributed by atoms with Crippen molar-refractivity contribution in [3.05, 3.63) is 28.8 Å². The maximum absolute atomic E-state index is 5.29. The summed E-state index contributed by atoms with van der Waals surface area (Å²) in [6, 6.07) is 4.12.